The largest absolute Gasteiger partial charge is 0.348 e. The summed E-state index contributed by atoms with van der Waals surface area (Å²) in [5.74, 6) is -1.51. The van der Waals surface area contributed by atoms with Gasteiger partial charge in [-0.2, -0.15) is 0 Å². The fraction of sp³-hybridized carbons (Fsp3) is 0.467. The van der Waals surface area contributed by atoms with E-state index in [1.807, 2.05) is 0 Å². The molecule has 0 aliphatic rings. The van der Waals surface area contributed by atoms with E-state index in [0.29, 0.717) is 19.5 Å². The van der Waals surface area contributed by atoms with Crippen molar-refractivity contribution < 1.29 is 14.0 Å². The first kappa shape index (κ1) is 16.1. The van der Waals surface area contributed by atoms with Crippen LogP contribution in [-0.2, 0) is 16.0 Å². The van der Waals surface area contributed by atoms with Gasteiger partial charge in [-0.25, -0.2) is 4.39 Å². The first-order valence-electron chi connectivity index (χ1n) is 6.94. The highest BCUT2D eigenvalue weighted by Crippen LogP contribution is 2.02. The minimum absolute atomic E-state index is 0.288. The molecule has 0 bridgehead atoms. The van der Waals surface area contributed by atoms with Crippen molar-refractivity contribution >= 4 is 11.8 Å². The van der Waals surface area contributed by atoms with Crippen molar-refractivity contribution in [2.75, 3.05) is 13.1 Å². The maximum atomic E-state index is 12.7. The Morgan fingerprint density at radius 3 is 2.20 bits per heavy atom. The monoisotopic (exact) mass is 280 g/mol. The molecular weight excluding hydrogens is 259 g/mol. The molecule has 0 saturated carbocycles. The third-order valence-electron chi connectivity index (χ3n) is 2.88. The van der Waals surface area contributed by atoms with E-state index in [9.17, 15) is 14.0 Å². The molecule has 0 spiro atoms. The highest BCUT2D eigenvalue weighted by atomic mass is 19.1. The first-order valence-corrected chi connectivity index (χ1v) is 6.94. The zero-order valence-electron chi connectivity index (χ0n) is 11.7. The third-order valence-corrected chi connectivity index (χ3v) is 2.88. The standard InChI is InChI=1S/C15H21FN2O2/c1-2-3-4-10-17-14(19)15(20)18-11-9-12-5-7-13(16)8-6-12/h5-8H,2-4,9-11H2,1H3,(H,17,19)(H,18,20). The van der Waals surface area contributed by atoms with Crippen LogP contribution in [-0.4, -0.2) is 24.9 Å². The molecule has 0 aliphatic carbocycles. The predicted molar refractivity (Wildman–Crippen MR) is 75.6 cm³/mol. The minimum Gasteiger partial charge on any atom is -0.348 e. The molecule has 0 atom stereocenters. The van der Waals surface area contributed by atoms with E-state index in [1.54, 1.807) is 12.1 Å². The minimum atomic E-state index is -0.622. The van der Waals surface area contributed by atoms with Crippen LogP contribution in [0.4, 0.5) is 4.39 Å². The molecule has 5 heteroatoms. The average molecular weight is 280 g/mol. The van der Waals surface area contributed by atoms with Crippen LogP contribution in [0, 0.1) is 5.82 Å². The quantitative estimate of drug-likeness (QED) is 0.591. The number of nitrogens with one attached hydrogen (secondary N) is 2. The molecular formula is C15H21FN2O2. The Hall–Kier alpha value is -1.91. The number of unbranched alkanes of at least 4 members (excludes halogenated alkanes) is 2. The van der Waals surface area contributed by atoms with Crippen LogP contribution in [0.3, 0.4) is 0 Å². The molecule has 1 aromatic rings. The highest BCUT2D eigenvalue weighted by Gasteiger charge is 2.11. The predicted octanol–water partition coefficient (Wildman–Crippen LogP) is 1.79. The summed E-state index contributed by atoms with van der Waals surface area (Å²) in [7, 11) is 0. The zero-order chi connectivity index (χ0) is 14.8. The van der Waals surface area contributed by atoms with Gasteiger partial charge in [0.1, 0.15) is 5.82 Å². The van der Waals surface area contributed by atoms with E-state index in [0.717, 1.165) is 24.8 Å². The van der Waals surface area contributed by atoms with Gasteiger partial charge < -0.3 is 10.6 Å². The van der Waals surface area contributed by atoms with Crippen molar-refractivity contribution in [1.29, 1.82) is 0 Å². The van der Waals surface area contributed by atoms with Crippen molar-refractivity contribution in [3.8, 4) is 0 Å². The first-order chi connectivity index (χ1) is 9.63. The summed E-state index contributed by atoms with van der Waals surface area (Å²) in [4.78, 5) is 22.9. The summed E-state index contributed by atoms with van der Waals surface area (Å²) in [6.07, 6.45) is 3.55. The molecule has 4 nitrogen and oxygen atoms in total. The Bertz CT molecular complexity index is 432. The number of benzene rings is 1. The number of hydrogen-bond donors (Lipinski definition) is 2. The fourth-order valence-corrected chi connectivity index (χ4v) is 1.71. The highest BCUT2D eigenvalue weighted by molar-refractivity contribution is 6.35. The van der Waals surface area contributed by atoms with Gasteiger partial charge in [0.15, 0.2) is 0 Å². The van der Waals surface area contributed by atoms with Gasteiger partial charge in [0.25, 0.3) is 0 Å². The van der Waals surface area contributed by atoms with E-state index in [4.69, 9.17) is 0 Å². The van der Waals surface area contributed by atoms with Crippen LogP contribution in [0.2, 0.25) is 0 Å². The van der Waals surface area contributed by atoms with Crippen molar-refractivity contribution in [1.82, 2.24) is 10.6 Å². The van der Waals surface area contributed by atoms with Crippen LogP contribution < -0.4 is 10.6 Å². The number of carbonyl (C=O) groups excluding carboxylic acids is 2. The van der Waals surface area contributed by atoms with Crippen LogP contribution in [0.5, 0.6) is 0 Å². The van der Waals surface area contributed by atoms with Crippen molar-refractivity contribution in [2.45, 2.75) is 32.6 Å². The third kappa shape index (κ3) is 6.31. The van der Waals surface area contributed by atoms with Gasteiger partial charge in [-0.05, 0) is 30.5 Å². The van der Waals surface area contributed by atoms with Crippen molar-refractivity contribution in [3.05, 3.63) is 35.6 Å². The number of amides is 2. The van der Waals surface area contributed by atoms with Crippen LogP contribution in [0.1, 0.15) is 31.7 Å². The maximum absolute atomic E-state index is 12.7. The number of carbonyl (C=O) groups is 2. The molecule has 0 aliphatic heterocycles. The second-order valence-electron chi connectivity index (χ2n) is 4.60. The Morgan fingerprint density at radius 1 is 1.00 bits per heavy atom. The molecule has 0 saturated heterocycles. The van der Waals surface area contributed by atoms with Crippen LogP contribution in [0.25, 0.3) is 0 Å². The van der Waals surface area contributed by atoms with Crippen molar-refractivity contribution in [2.24, 2.45) is 0 Å². The summed E-state index contributed by atoms with van der Waals surface area (Å²) in [6, 6.07) is 6.06. The van der Waals surface area contributed by atoms with E-state index in [-0.39, 0.29) is 5.82 Å². The van der Waals surface area contributed by atoms with Crippen molar-refractivity contribution in [3.63, 3.8) is 0 Å². The lowest BCUT2D eigenvalue weighted by Crippen LogP contribution is -2.40. The second kappa shape index (κ2) is 9.07. The number of rotatable bonds is 7. The molecule has 0 unspecified atom stereocenters. The summed E-state index contributed by atoms with van der Waals surface area (Å²) in [6.45, 7) is 2.95. The average Bonchev–Trinajstić information content (AvgIpc) is 2.45. The van der Waals surface area contributed by atoms with Gasteiger partial charge in [0.2, 0.25) is 0 Å². The Morgan fingerprint density at radius 2 is 1.60 bits per heavy atom. The molecule has 0 heterocycles. The molecule has 110 valence electrons. The van der Waals surface area contributed by atoms with E-state index < -0.39 is 11.8 Å². The molecule has 1 rings (SSSR count). The summed E-state index contributed by atoms with van der Waals surface area (Å²) >= 11 is 0. The fourth-order valence-electron chi connectivity index (χ4n) is 1.71. The summed E-state index contributed by atoms with van der Waals surface area (Å²) < 4.78 is 12.7. The SMILES string of the molecule is CCCCCNC(=O)C(=O)NCCc1ccc(F)cc1. The molecule has 2 amide bonds. The number of halogens is 1. The molecule has 1 aromatic carbocycles. The molecule has 20 heavy (non-hydrogen) atoms. The molecule has 0 fully saturated rings. The van der Waals surface area contributed by atoms with E-state index in [1.165, 1.54) is 12.1 Å². The van der Waals surface area contributed by atoms with E-state index in [2.05, 4.69) is 17.6 Å². The van der Waals surface area contributed by atoms with E-state index >= 15 is 0 Å². The number of hydrogen-bond acceptors (Lipinski definition) is 2. The van der Waals surface area contributed by atoms with Gasteiger partial charge in [-0.1, -0.05) is 31.9 Å². The van der Waals surface area contributed by atoms with Gasteiger partial charge in [0, 0.05) is 13.1 Å². The Labute approximate surface area is 118 Å². The lowest BCUT2D eigenvalue weighted by molar-refractivity contribution is -0.139. The second-order valence-corrected chi connectivity index (χ2v) is 4.60. The van der Waals surface area contributed by atoms with Crippen LogP contribution >= 0.6 is 0 Å². The van der Waals surface area contributed by atoms with Crippen LogP contribution in [0.15, 0.2) is 24.3 Å². The Balaban J connectivity index is 2.18. The maximum Gasteiger partial charge on any atom is 0.309 e. The molecule has 2 N–H and O–H groups in total. The van der Waals surface area contributed by atoms with Gasteiger partial charge in [-0.3, -0.25) is 9.59 Å². The lowest BCUT2D eigenvalue weighted by atomic mass is 10.1. The lowest BCUT2D eigenvalue weighted by Gasteiger charge is -2.06. The summed E-state index contributed by atoms with van der Waals surface area (Å²) in [5.41, 5.74) is 0.912. The van der Waals surface area contributed by atoms with Gasteiger partial charge >= 0.3 is 11.8 Å². The smallest absolute Gasteiger partial charge is 0.309 e. The summed E-state index contributed by atoms with van der Waals surface area (Å²) in [5, 5.41) is 5.11. The Kier molecular flexibility index (Phi) is 7.32. The van der Waals surface area contributed by atoms with Gasteiger partial charge in [-0.15, -0.1) is 0 Å². The molecule has 0 aromatic heterocycles. The van der Waals surface area contributed by atoms with Gasteiger partial charge in [0.05, 0.1) is 0 Å². The zero-order valence-corrected chi connectivity index (χ0v) is 11.7. The normalized spacial score (nSPS) is 10.1. The molecule has 0 radical (unpaired) electrons. The topological polar surface area (TPSA) is 58.2 Å².